The van der Waals surface area contributed by atoms with E-state index in [1.807, 2.05) is 61.5 Å². The number of carbonyl (C=O) groups excluding carboxylic acids is 2. The second-order valence-corrected chi connectivity index (χ2v) is 13.4. The fourth-order valence-electron chi connectivity index (χ4n) is 5.72. The molecule has 0 bridgehead atoms. The van der Waals surface area contributed by atoms with E-state index in [1.165, 1.54) is 25.3 Å². The summed E-state index contributed by atoms with van der Waals surface area (Å²) in [5.41, 5.74) is 4.23. The van der Waals surface area contributed by atoms with Crippen LogP contribution >= 0.6 is 0 Å². The number of rotatable bonds is 9. The number of nitrogens with zero attached hydrogens (tertiary/aromatic N) is 3. The van der Waals surface area contributed by atoms with E-state index in [2.05, 4.69) is 31.4 Å². The zero-order chi connectivity index (χ0) is 35.3. The Balaban J connectivity index is 1.24. The van der Waals surface area contributed by atoms with Crippen LogP contribution in [0.1, 0.15) is 60.8 Å². The third kappa shape index (κ3) is 9.13. The monoisotopic (exact) mass is 677 g/mol. The molecule has 1 fully saturated rings. The lowest BCUT2D eigenvalue weighted by atomic mass is 9.89. The molecule has 1 aliphatic rings. The van der Waals surface area contributed by atoms with Gasteiger partial charge in [-0.25, -0.2) is 9.48 Å². The van der Waals surface area contributed by atoms with Crippen molar-refractivity contribution >= 4 is 23.4 Å². The van der Waals surface area contributed by atoms with Crippen LogP contribution in [0.15, 0.2) is 72.8 Å². The average molecular weight is 678 g/mol. The normalized spacial score (nSPS) is 14.0. The van der Waals surface area contributed by atoms with Crippen molar-refractivity contribution in [1.82, 2.24) is 14.7 Å². The zero-order valence-corrected chi connectivity index (χ0v) is 28.4. The minimum absolute atomic E-state index is 0.0287. The maximum absolute atomic E-state index is 13.4. The number of aromatic nitrogens is 2. The van der Waals surface area contributed by atoms with Crippen LogP contribution in [0.4, 0.5) is 29.5 Å². The number of hydrogen-bond acceptors (Lipinski definition) is 5. The van der Waals surface area contributed by atoms with Crippen molar-refractivity contribution in [3.63, 3.8) is 0 Å². The predicted octanol–water partition coefficient (Wildman–Crippen LogP) is 8.17. The molecule has 12 heteroatoms. The van der Waals surface area contributed by atoms with Gasteiger partial charge in [-0.15, -0.1) is 0 Å². The quantitative estimate of drug-likeness (QED) is 0.186. The van der Waals surface area contributed by atoms with Crippen molar-refractivity contribution in [2.45, 2.75) is 58.5 Å². The smallest absolute Gasteiger partial charge is 0.422 e. The van der Waals surface area contributed by atoms with Gasteiger partial charge in [0.15, 0.2) is 6.61 Å². The molecule has 3 amide bonds. The number of likely N-dealkylation sites (tertiary alicyclic amines) is 1. The fraction of sp³-hybridized carbons (Fsp3) is 0.378. The molecule has 3 aromatic carbocycles. The molecule has 9 nitrogen and oxygen atoms in total. The van der Waals surface area contributed by atoms with Gasteiger partial charge in [-0.3, -0.25) is 10.1 Å². The second kappa shape index (κ2) is 14.6. The van der Waals surface area contributed by atoms with E-state index in [9.17, 15) is 22.8 Å². The van der Waals surface area contributed by atoms with E-state index in [1.54, 1.807) is 9.58 Å². The summed E-state index contributed by atoms with van der Waals surface area (Å²) in [6, 6.07) is 21.2. The number of nitrogens with one attached hydrogen (secondary N) is 2. The second-order valence-electron chi connectivity index (χ2n) is 13.4. The Morgan fingerprint density at radius 3 is 2.29 bits per heavy atom. The Bertz CT molecular complexity index is 1770. The Hall–Kier alpha value is -5.00. The number of ether oxygens (including phenoxy) is 2. The highest BCUT2D eigenvalue weighted by Crippen LogP contribution is 2.31. The van der Waals surface area contributed by atoms with Crippen LogP contribution in [-0.4, -0.2) is 59.6 Å². The number of alkyl halides is 3. The molecule has 0 spiro atoms. The van der Waals surface area contributed by atoms with Crippen LogP contribution in [0.5, 0.6) is 11.5 Å². The molecule has 0 saturated carbocycles. The molecule has 260 valence electrons. The summed E-state index contributed by atoms with van der Waals surface area (Å²) in [6.07, 6.45) is -2.50. The number of urea groups is 1. The van der Waals surface area contributed by atoms with Crippen LogP contribution in [0.2, 0.25) is 0 Å². The van der Waals surface area contributed by atoms with Crippen molar-refractivity contribution < 1.29 is 32.2 Å². The summed E-state index contributed by atoms with van der Waals surface area (Å²) in [7, 11) is 1.42. The summed E-state index contributed by atoms with van der Waals surface area (Å²) >= 11 is 0. The fourth-order valence-corrected chi connectivity index (χ4v) is 5.72. The molecule has 0 atom stereocenters. The van der Waals surface area contributed by atoms with Gasteiger partial charge in [-0.1, -0.05) is 56.7 Å². The van der Waals surface area contributed by atoms with Gasteiger partial charge in [-0.2, -0.15) is 18.3 Å². The topological polar surface area (TPSA) is 97.7 Å². The molecule has 49 heavy (non-hydrogen) atoms. The van der Waals surface area contributed by atoms with E-state index < -0.39 is 24.7 Å². The number of hydrogen-bond donors (Lipinski definition) is 2. The number of para-hydroxylation sites is 1. The maximum Gasteiger partial charge on any atom is 0.422 e. The molecule has 1 aliphatic heterocycles. The molecular formula is C37H42F3N5O4. The maximum atomic E-state index is 13.4. The van der Waals surface area contributed by atoms with Gasteiger partial charge < -0.3 is 19.7 Å². The Kier molecular flexibility index (Phi) is 10.5. The van der Waals surface area contributed by atoms with E-state index in [4.69, 9.17) is 14.6 Å². The minimum atomic E-state index is -4.54. The zero-order valence-electron chi connectivity index (χ0n) is 28.4. The van der Waals surface area contributed by atoms with Crippen LogP contribution in [0, 0.1) is 12.8 Å². The molecule has 4 aromatic rings. The molecule has 2 N–H and O–H groups in total. The van der Waals surface area contributed by atoms with Gasteiger partial charge in [-0.05, 0) is 74.1 Å². The molecule has 0 radical (unpaired) electrons. The summed E-state index contributed by atoms with van der Waals surface area (Å²) in [5.74, 6) is 0.565. The van der Waals surface area contributed by atoms with E-state index in [-0.39, 0.29) is 22.6 Å². The summed E-state index contributed by atoms with van der Waals surface area (Å²) in [4.78, 5) is 28.4. The highest BCUT2D eigenvalue weighted by Gasteiger charge is 2.31. The first-order chi connectivity index (χ1) is 23.2. The molecule has 1 aromatic heterocycles. The highest BCUT2D eigenvalue weighted by molar-refractivity contribution is 6.00. The number of piperidine rings is 1. The Morgan fingerprint density at radius 2 is 1.63 bits per heavy atom. The van der Waals surface area contributed by atoms with Crippen molar-refractivity contribution in [1.29, 1.82) is 0 Å². The number of carbonyl (C=O) groups is 2. The molecule has 0 unspecified atom stereocenters. The van der Waals surface area contributed by atoms with Crippen molar-refractivity contribution in [2.75, 3.05) is 37.4 Å². The highest BCUT2D eigenvalue weighted by atomic mass is 19.4. The molecule has 2 heterocycles. The number of anilines is 2. The van der Waals surface area contributed by atoms with Gasteiger partial charge in [0, 0.05) is 30.3 Å². The van der Waals surface area contributed by atoms with Crippen LogP contribution in [0.25, 0.3) is 5.69 Å². The Morgan fingerprint density at radius 1 is 0.939 bits per heavy atom. The van der Waals surface area contributed by atoms with Gasteiger partial charge in [0.2, 0.25) is 0 Å². The van der Waals surface area contributed by atoms with Gasteiger partial charge in [0.25, 0.3) is 5.91 Å². The minimum Gasteiger partial charge on any atom is -0.497 e. The average Bonchev–Trinajstić information content (AvgIpc) is 3.49. The molecule has 1 saturated heterocycles. The number of amides is 3. The Labute approximate surface area is 284 Å². The summed E-state index contributed by atoms with van der Waals surface area (Å²) < 4.78 is 50.5. The van der Waals surface area contributed by atoms with Crippen LogP contribution in [-0.2, 0) is 11.8 Å². The first-order valence-corrected chi connectivity index (χ1v) is 16.2. The number of aryl methyl sites for hydroxylation is 1. The number of halogens is 3. The van der Waals surface area contributed by atoms with Crippen molar-refractivity contribution in [3.8, 4) is 17.2 Å². The van der Waals surface area contributed by atoms with E-state index in [0.29, 0.717) is 49.6 Å². The predicted molar refractivity (Wildman–Crippen MR) is 183 cm³/mol. The lowest BCUT2D eigenvalue weighted by Gasteiger charge is -2.33. The van der Waals surface area contributed by atoms with E-state index in [0.717, 1.165) is 22.5 Å². The van der Waals surface area contributed by atoms with Gasteiger partial charge in [0.05, 0.1) is 24.1 Å². The first-order valence-electron chi connectivity index (χ1n) is 16.2. The van der Waals surface area contributed by atoms with E-state index >= 15 is 0 Å². The standard InChI is InChI=1S/C37H42F3N5O4/c1-24-10-12-27(13-11-24)45-33(22-32(43-45)36(2,3)4)42-35(47)41-30-9-7-6-8-26(30)20-25-16-18-44(19-17-25)34(46)29-21-28(48-5)14-15-31(29)49-23-37(38,39)40/h6-15,21-22,25H,16-20,23H2,1-5H3,(H2,41,42,47). The number of methoxy groups -OCH3 is 1. The lowest BCUT2D eigenvalue weighted by molar-refractivity contribution is -0.153. The SMILES string of the molecule is COc1ccc(OCC(F)(F)F)c(C(=O)N2CCC(Cc3ccccc3NC(=O)Nc3cc(C(C)(C)C)nn3-c3ccc(C)cc3)CC2)c1. The largest absolute Gasteiger partial charge is 0.497 e. The van der Waals surface area contributed by atoms with Crippen molar-refractivity contribution in [2.24, 2.45) is 5.92 Å². The number of benzene rings is 3. The third-order valence-corrected chi connectivity index (χ3v) is 8.48. The van der Waals surface area contributed by atoms with Crippen LogP contribution < -0.4 is 20.1 Å². The lowest BCUT2D eigenvalue weighted by Crippen LogP contribution is -2.39. The first kappa shape index (κ1) is 35.3. The van der Waals surface area contributed by atoms with Crippen LogP contribution in [0.3, 0.4) is 0 Å². The summed E-state index contributed by atoms with van der Waals surface area (Å²) in [5, 5.41) is 10.8. The molecule has 0 aliphatic carbocycles. The van der Waals surface area contributed by atoms with Crippen molar-refractivity contribution in [3.05, 3.63) is 95.2 Å². The molecule has 5 rings (SSSR count). The summed E-state index contributed by atoms with van der Waals surface area (Å²) in [6.45, 7) is 7.57. The molecular weight excluding hydrogens is 635 g/mol. The van der Waals surface area contributed by atoms with Gasteiger partial charge >= 0.3 is 12.2 Å². The van der Waals surface area contributed by atoms with Gasteiger partial charge in [0.1, 0.15) is 17.3 Å². The third-order valence-electron chi connectivity index (χ3n) is 8.48.